The predicted octanol–water partition coefficient (Wildman–Crippen LogP) is 0.899. The van der Waals surface area contributed by atoms with Crippen LogP contribution in [0, 0.1) is 11.8 Å². The van der Waals surface area contributed by atoms with E-state index in [2.05, 4.69) is 17.6 Å². The van der Waals surface area contributed by atoms with E-state index < -0.39 is 5.97 Å². The molecule has 1 aliphatic rings. The maximum atomic E-state index is 12.0. The summed E-state index contributed by atoms with van der Waals surface area (Å²) in [6.45, 7) is 4.30. The van der Waals surface area contributed by atoms with Crippen LogP contribution < -0.4 is 10.6 Å². The number of carboxylic acid groups (broad SMARTS) is 1. The lowest BCUT2D eigenvalue weighted by Crippen LogP contribution is -2.35. The molecule has 1 saturated heterocycles. The second kappa shape index (κ2) is 6.52. The van der Waals surface area contributed by atoms with E-state index in [1.165, 1.54) is 0 Å². The zero-order valence-electron chi connectivity index (χ0n) is 11.6. The van der Waals surface area contributed by atoms with E-state index in [1.54, 1.807) is 24.3 Å². The third-order valence-electron chi connectivity index (χ3n) is 3.77. The molecule has 1 aliphatic heterocycles. The number of aromatic carboxylic acids is 1. The van der Waals surface area contributed by atoms with Crippen LogP contribution in [0.1, 0.15) is 22.8 Å². The highest BCUT2D eigenvalue weighted by Crippen LogP contribution is 2.15. The van der Waals surface area contributed by atoms with Gasteiger partial charge < -0.3 is 15.7 Å². The van der Waals surface area contributed by atoms with Crippen LogP contribution in [0.25, 0.3) is 0 Å². The highest BCUT2D eigenvalue weighted by atomic mass is 16.4. The number of rotatable bonds is 5. The standard InChI is InChI=1S/C15H20N2O3/c1-10-8-16-9-13(10)14(18)17-7-6-11-2-4-12(5-3-11)15(19)20/h2-5,10,13,16H,6-9H2,1H3,(H,17,18)(H,19,20). The van der Waals surface area contributed by atoms with Crippen LogP contribution in [-0.4, -0.2) is 36.6 Å². The minimum atomic E-state index is -0.924. The van der Waals surface area contributed by atoms with E-state index in [9.17, 15) is 9.59 Å². The molecule has 1 aromatic rings. The van der Waals surface area contributed by atoms with Crippen LogP contribution in [0.15, 0.2) is 24.3 Å². The number of carbonyl (C=O) groups excluding carboxylic acids is 1. The van der Waals surface area contributed by atoms with E-state index in [0.29, 0.717) is 18.9 Å². The number of hydrogen-bond acceptors (Lipinski definition) is 3. The Hall–Kier alpha value is -1.88. The van der Waals surface area contributed by atoms with E-state index in [1.807, 2.05) is 0 Å². The molecular weight excluding hydrogens is 256 g/mol. The van der Waals surface area contributed by atoms with Crippen molar-refractivity contribution in [3.8, 4) is 0 Å². The van der Waals surface area contributed by atoms with Gasteiger partial charge in [-0.1, -0.05) is 19.1 Å². The molecule has 0 radical (unpaired) electrons. The molecule has 5 nitrogen and oxygen atoms in total. The molecule has 0 aromatic heterocycles. The molecule has 2 atom stereocenters. The van der Waals surface area contributed by atoms with E-state index >= 15 is 0 Å². The Morgan fingerprint density at radius 1 is 1.30 bits per heavy atom. The summed E-state index contributed by atoms with van der Waals surface area (Å²) >= 11 is 0. The molecule has 1 fully saturated rings. The lowest BCUT2D eigenvalue weighted by Gasteiger charge is -2.14. The first-order chi connectivity index (χ1) is 9.58. The number of hydrogen-bond donors (Lipinski definition) is 3. The summed E-state index contributed by atoms with van der Waals surface area (Å²) in [6.07, 6.45) is 0.709. The molecule has 5 heteroatoms. The van der Waals surface area contributed by atoms with Crippen LogP contribution in [-0.2, 0) is 11.2 Å². The minimum Gasteiger partial charge on any atom is -0.478 e. The summed E-state index contributed by atoms with van der Waals surface area (Å²) in [4.78, 5) is 22.7. The second-order valence-electron chi connectivity index (χ2n) is 5.29. The van der Waals surface area contributed by atoms with E-state index in [-0.39, 0.29) is 17.4 Å². The summed E-state index contributed by atoms with van der Waals surface area (Å²) < 4.78 is 0. The van der Waals surface area contributed by atoms with Gasteiger partial charge in [0.15, 0.2) is 0 Å². The summed E-state index contributed by atoms with van der Waals surface area (Å²) in [6, 6.07) is 6.75. The topological polar surface area (TPSA) is 78.4 Å². The second-order valence-corrected chi connectivity index (χ2v) is 5.29. The maximum Gasteiger partial charge on any atom is 0.335 e. The molecule has 1 heterocycles. The van der Waals surface area contributed by atoms with Crippen LogP contribution in [0.3, 0.4) is 0 Å². The zero-order valence-corrected chi connectivity index (χ0v) is 11.6. The average Bonchev–Trinajstić information content (AvgIpc) is 2.85. The Labute approximate surface area is 118 Å². The lowest BCUT2D eigenvalue weighted by atomic mass is 9.97. The molecule has 3 N–H and O–H groups in total. The van der Waals surface area contributed by atoms with Gasteiger partial charge in [-0.15, -0.1) is 0 Å². The summed E-state index contributed by atoms with van der Waals surface area (Å²) in [5.74, 6) is -0.383. The molecular formula is C15H20N2O3. The molecule has 20 heavy (non-hydrogen) atoms. The zero-order chi connectivity index (χ0) is 14.5. The molecule has 2 unspecified atom stereocenters. The van der Waals surface area contributed by atoms with Gasteiger partial charge in [0.1, 0.15) is 0 Å². The van der Waals surface area contributed by atoms with Crippen molar-refractivity contribution in [1.82, 2.24) is 10.6 Å². The van der Waals surface area contributed by atoms with Gasteiger partial charge in [0, 0.05) is 13.1 Å². The number of carbonyl (C=O) groups is 2. The van der Waals surface area contributed by atoms with Gasteiger partial charge in [0.05, 0.1) is 11.5 Å². The Balaban J connectivity index is 1.78. The largest absolute Gasteiger partial charge is 0.478 e. The van der Waals surface area contributed by atoms with Gasteiger partial charge in [-0.05, 0) is 36.6 Å². The van der Waals surface area contributed by atoms with Gasteiger partial charge in [-0.25, -0.2) is 4.79 Å². The summed E-state index contributed by atoms with van der Waals surface area (Å²) in [5, 5.41) is 15.0. The van der Waals surface area contributed by atoms with Gasteiger partial charge in [0.25, 0.3) is 0 Å². The Bertz CT molecular complexity index is 484. The van der Waals surface area contributed by atoms with Crippen molar-refractivity contribution >= 4 is 11.9 Å². The molecule has 0 saturated carbocycles. The van der Waals surface area contributed by atoms with Crippen LogP contribution >= 0.6 is 0 Å². The molecule has 1 amide bonds. The fourth-order valence-electron chi connectivity index (χ4n) is 2.44. The maximum absolute atomic E-state index is 12.0. The first-order valence-corrected chi connectivity index (χ1v) is 6.88. The molecule has 1 aromatic carbocycles. The van der Waals surface area contributed by atoms with E-state index in [4.69, 9.17) is 5.11 Å². The highest BCUT2D eigenvalue weighted by molar-refractivity contribution is 5.87. The first kappa shape index (κ1) is 14.5. The summed E-state index contributed by atoms with van der Waals surface area (Å²) in [7, 11) is 0. The van der Waals surface area contributed by atoms with Crippen molar-refractivity contribution in [3.05, 3.63) is 35.4 Å². The van der Waals surface area contributed by atoms with Gasteiger partial charge in [-0.2, -0.15) is 0 Å². The average molecular weight is 276 g/mol. The van der Waals surface area contributed by atoms with Gasteiger partial charge in [0.2, 0.25) is 5.91 Å². The van der Waals surface area contributed by atoms with Crippen molar-refractivity contribution in [3.63, 3.8) is 0 Å². The van der Waals surface area contributed by atoms with Gasteiger partial charge >= 0.3 is 5.97 Å². The highest BCUT2D eigenvalue weighted by Gasteiger charge is 2.28. The predicted molar refractivity (Wildman–Crippen MR) is 75.6 cm³/mol. The third-order valence-corrected chi connectivity index (χ3v) is 3.77. The quantitative estimate of drug-likeness (QED) is 0.746. The van der Waals surface area contributed by atoms with Crippen molar-refractivity contribution in [2.75, 3.05) is 19.6 Å². The smallest absolute Gasteiger partial charge is 0.335 e. The normalized spacial score (nSPS) is 21.6. The Morgan fingerprint density at radius 2 is 2.00 bits per heavy atom. The number of amides is 1. The van der Waals surface area contributed by atoms with Crippen molar-refractivity contribution in [2.45, 2.75) is 13.3 Å². The van der Waals surface area contributed by atoms with Crippen LogP contribution in [0.5, 0.6) is 0 Å². The number of benzene rings is 1. The Morgan fingerprint density at radius 3 is 2.55 bits per heavy atom. The fraction of sp³-hybridized carbons (Fsp3) is 0.467. The van der Waals surface area contributed by atoms with Gasteiger partial charge in [-0.3, -0.25) is 4.79 Å². The van der Waals surface area contributed by atoms with E-state index in [0.717, 1.165) is 18.7 Å². The molecule has 2 rings (SSSR count). The Kier molecular flexibility index (Phi) is 4.74. The molecule has 0 aliphatic carbocycles. The van der Waals surface area contributed by atoms with Crippen molar-refractivity contribution < 1.29 is 14.7 Å². The first-order valence-electron chi connectivity index (χ1n) is 6.88. The minimum absolute atomic E-state index is 0.0596. The van der Waals surface area contributed by atoms with Crippen LogP contribution in [0.4, 0.5) is 0 Å². The molecule has 108 valence electrons. The van der Waals surface area contributed by atoms with Crippen LogP contribution in [0.2, 0.25) is 0 Å². The number of nitrogens with one attached hydrogen (secondary N) is 2. The lowest BCUT2D eigenvalue weighted by molar-refractivity contribution is -0.125. The number of carboxylic acids is 1. The molecule has 0 bridgehead atoms. The SMILES string of the molecule is CC1CNCC1C(=O)NCCc1ccc(C(=O)O)cc1. The third kappa shape index (κ3) is 3.57. The van der Waals surface area contributed by atoms with Crippen molar-refractivity contribution in [1.29, 1.82) is 0 Å². The fourth-order valence-corrected chi connectivity index (χ4v) is 2.44. The van der Waals surface area contributed by atoms with Crippen molar-refractivity contribution in [2.24, 2.45) is 11.8 Å². The monoisotopic (exact) mass is 276 g/mol. The summed E-state index contributed by atoms with van der Waals surface area (Å²) in [5.41, 5.74) is 1.30. The molecule has 0 spiro atoms.